The number of hydrogen-bond donors (Lipinski definition) is 3. The van der Waals surface area contributed by atoms with Crippen molar-refractivity contribution in [3.63, 3.8) is 0 Å². The highest BCUT2D eigenvalue weighted by Gasteiger charge is 2.26. The molecule has 0 fully saturated rings. The molecular formula is C14H13BrN4O2. The van der Waals surface area contributed by atoms with E-state index in [2.05, 4.69) is 31.7 Å². The molecule has 2 aromatic rings. The molecule has 4 N–H and O–H groups in total. The summed E-state index contributed by atoms with van der Waals surface area (Å²) in [6.07, 6.45) is 1.57. The Hall–Kier alpha value is -2.12. The predicted octanol–water partition coefficient (Wildman–Crippen LogP) is 1.99. The van der Waals surface area contributed by atoms with Gasteiger partial charge in [0.25, 0.3) is 5.91 Å². The zero-order valence-corrected chi connectivity index (χ0v) is 12.6. The molecule has 1 atom stereocenters. The van der Waals surface area contributed by atoms with Gasteiger partial charge in [0.1, 0.15) is 12.4 Å². The molecule has 2 heterocycles. The number of para-hydroxylation sites is 1. The van der Waals surface area contributed by atoms with Crippen molar-refractivity contribution in [2.24, 2.45) is 5.84 Å². The van der Waals surface area contributed by atoms with E-state index in [1.807, 2.05) is 24.3 Å². The number of rotatable bonds is 3. The van der Waals surface area contributed by atoms with Crippen molar-refractivity contribution in [1.82, 2.24) is 10.3 Å². The molecule has 108 valence electrons. The molecule has 0 saturated carbocycles. The largest absolute Gasteiger partial charge is 0.491 e. The quantitative estimate of drug-likeness (QED) is 0.583. The Labute approximate surface area is 129 Å². The van der Waals surface area contributed by atoms with Gasteiger partial charge in [-0.2, -0.15) is 0 Å². The number of aromatic nitrogens is 1. The summed E-state index contributed by atoms with van der Waals surface area (Å²) in [5, 5.41) is 2.93. The average molecular weight is 349 g/mol. The number of benzene rings is 1. The lowest BCUT2D eigenvalue weighted by Gasteiger charge is -2.13. The van der Waals surface area contributed by atoms with Crippen molar-refractivity contribution in [2.45, 2.75) is 6.04 Å². The van der Waals surface area contributed by atoms with Crippen molar-refractivity contribution >= 4 is 27.7 Å². The number of pyridine rings is 1. The normalized spacial score (nSPS) is 16.0. The molecule has 1 unspecified atom stereocenters. The minimum absolute atomic E-state index is 0.182. The summed E-state index contributed by atoms with van der Waals surface area (Å²) in [5.74, 6) is 6.25. The van der Waals surface area contributed by atoms with Crippen LogP contribution in [0.25, 0.3) is 0 Å². The molecular weight excluding hydrogens is 336 g/mol. The number of nitrogens with zero attached hydrogens (tertiary/aromatic N) is 1. The van der Waals surface area contributed by atoms with Gasteiger partial charge in [0.2, 0.25) is 0 Å². The lowest BCUT2D eigenvalue weighted by atomic mass is 10.1. The molecule has 1 aromatic heterocycles. The summed E-state index contributed by atoms with van der Waals surface area (Å²) in [7, 11) is 0. The van der Waals surface area contributed by atoms with Gasteiger partial charge in [0, 0.05) is 16.2 Å². The molecule has 0 bridgehead atoms. The number of anilines is 1. The number of amides is 1. The molecule has 1 aromatic carbocycles. The van der Waals surface area contributed by atoms with Gasteiger partial charge >= 0.3 is 0 Å². The fourth-order valence-electron chi connectivity index (χ4n) is 2.25. The average Bonchev–Trinajstić information content (AvgIpc) is 2.90. The molecule has 0 saturated heterocycles. The van der Waals surface area contributed by atoms with E-state index < -0.39 is 0 Å². The maximum Gasteiger partial charge on any atom is 0.255 e. The minimum atomic E-state index is -0.262. The minimum Gasteiger partial charge on any atom is -0.491 e. The summed E-state index contributed by atoms with van der Waals surface area (Å²) < 4.78 is 6.25. The van der Waals surface area contributed by atoms with Crippen LogP contribution in [-0.2, 0) is 0 Å². The van der Waals surface area contributed by atoms with Crippen LogP contribution in [0.3, 0.4) is 0 Å². The van der Waals surface area contributed by atoms with Crippen molar-refractivity contribution < 1.29 is 9.53 Å². The first-order valence-corrected chi connectivity index (χ1v) is 7.13. The van der Waals surface area contributed by atoms with Gasteiger partial charge < -0.3 is 15.5 Å². The number of carbonyl (C=O) groups excluding carboxylic acids is 1. The van der Waals surface area contributed by atoms with E-state index in [1.54, 1.807) is 12.3 Å². The van der Waals surface area contributed by atoms with Crippen LogP contribution in [-0.4, -0.2) is 17.5 Å². The third kappa shape index (κ3) is 2.70. The highest BCUT2D eigenvalue weighted by Crippen LogP contribution is 2.32. The predicted molar refractivity (Wildman–Crippen MR) is 81.9 cm³/mol. The maximum atomic E-state index is 12.4. The Bertz CT molecular complexity index is 692. The second-order valence-corrected chi connectivity index (χ2v) is 5.48. The van der Waals surface area contributed by atoms with Gasteiger partial charge in [-0.1, -0.05) is 18.2 Å². The van der Waals surface area contributed by atoms with E-state index in [0.29, 0.717) is 22.5 Å². The van der Waals surface area contributed by atoms with Gasteiger partial charge in [0.15, 0.2) is 5.82 Å². The molecule has 21 heavy (non-hydrogen) atoms. The molecule has 0 aliphatic carbocycles. The summed E-state index contributed by atoms with van der Waals surface area (Å²) in [5.41, 5.74) is 3.76. The van der Waals surface area contributed by atoms with Gasteiger partial charge in [-0.05, 0) is 28.1 Å². The third-order valence-electron chi connectivity index (χ3n) is 3.24. The smallest absolute Gasteiger partial charge is 0.255 e. The molecule has 0 spiro atoms. The van der Waals surface area contributed by atoms with E-state index >= 15 is 0 Å². The Kier molecular flexibility index (Phi) is 3.76. The molecule has 1 amide bonds. The lowest BCUT2D eigenvalue weighted by Crippen LogP contribution is -2.30. The number of carbonyl (C=O) groups is 1. The highest BCUT2D eigenvalue weighted by molar-refractivity contribution is 9.10. The van der Waals surface area contributed by atoms with E-state index in [4.69, 9.17) is 10.6 Å². The van der Waals surface area contributed by atoms with Crippen molar-refractivity contribution in [3.05, 3.63) is 52.1 Å². The molecule has 7 heteroatoms. The molecule has 1 aliphatic heterocycles. The van der Waals surface area contributed by atoms with Crippen LogP contribution in [0.5, 0.6) is 5.75 Å². The Balaban J connectivity index is 1.83. The van der Waals surface area contributed by atoms with Gasteiger partial charge in [-0.15, -0.1) is 0 Å². The molecule has 0 radical (unpaired) electrons. The summed E-state index contributed by atoms with van der Waals surface area (Å²) >= 11 is 3.30. The molecule has 1 aliphatic rings. The van der Waals surface area contributed by atoms with Crippen LogP contribution >= 0.6 is 15.9 Å². The van der Waals surface area contributed by atoms with Gasteiger partial charge in [-0.3, -0.25) is 4.79 Å². The van der Waals surface area contributed by atoms with Crippen LogP contribution in [0.2, 0.25) is 0 Å². The Morgan fingerprint density at radius 1 is 1.43 bits per heavy atom. The number of hydrogen-bond acceptors (Lipinski definition) is 5. The Morgan fingerprint density at radius 3 is 3.05 bits per heavy atom. The number of nitrogen functional groups attached to an aromatic ring is 1. The van der Waals surface area contributed by atoms with E-state index in [0.717, 1.165) is 11.3 Å². The third-order valence-corrected chi connectivity index (χ3v) is 3.67. The van der Waals surface area contributed by atoms with Crippen molar-refractivity contribution in [1.29, 1.82) is 0 Å². The monoisotopic (exact) mass is 348 g/mol. The second-order valence-electron chi connectivity index (χ2n) is 4.57. The van der Waals surface area contributed by atoms with Crippen molar-refractivity contribution in [2.75, 3.05) is 12.0 Å². The first-order chi connectivity index (χ1) is 10.2. The number of hydrazine groups is 1. The lowest BCUT2D eigenvalue weighted by molar-refractivity contribution is 0.0930. The number of nitrogens with two attached hydrogens (primary N) is 1. The standard InChI is InChI=1S/C14H13BrN4O2/c15-8-5-10(13(19-16)17-6-8)14(20)18-11-7-21-12-4-2-1-3-9(11)12/h1-6,11H,7,16H2,(H,17,19)(H,18,20). The molecule has 6 nitrogen and oxygen atoms in total. The van der Waals surface area contributed by atoms with E-state index in [1.165, 1.54) is 0 Å². The van der Waals surface area contributed by atoms with Crippen LogP contribution in [0, 0.1) is 0 Å². The van der Waals surface area contributed by atoms with E-state index in [-0.39, 0.29) is 11.9 Å². The van der Waals surface area contributed by atoms with Crippen LogP contribution < -0.4 is 21.3 Å². The first kappa shape index (κ1) is 13.8. The van der Waals surface area contributed by atoms with E-state index in [9.17, 15) is 4.79 Å². The number of fused-ring (bicyclic) bond motifs is 1. The van der Waals surface area contributed by atoms with Gasteiger partial charge in [0.05, 0.1) is 11.6 Å². The second kappa shape index (κ2) is 5.71. The topological polar surface area (TPSA) is 89.3 Å². The molecule has 3 rings (SSSR count). The fourth-order valence-corrected chi connectivity index (χ4v) is 2.58. The fraction of sp³-hybridized carbons (Fsp3) is 0.143. The number of halogens is 1. The first-order valence-electron chi connectivity index (χ1n) is 6.34. The summed E-state index contributed by atoms with van der Waals surface area (Å²) in [6, 6.07) is 9.12. The number of nitrogens with one attached hydrogen (secondary N) is 2. The van der Waals surface area contributed by atoms with Crippen LogP contribution in [0.15, 0.2) is 41.0 Å². The van der Waals surface area contributed by atoms with Crippen molar-refractivity contribution in [3.8, 4) is 5.75 Å². The zero-order valence-electron chi connectivity index (χ0n) is 11.0. The zero-order chi connectivity index (χ0) is 14.8. The van der Waals surface area contributed by atoms with Crippen LogP contribution in [0.4, 0.5) is 5.82 Å². The summed E-state index contributed by atoms with van der Waals surface area (Å²) in [6.45, 7) is 0.415. The SMILES string of the molecule is NNc1ncc(Br)cc1C(=O)NC1COc2ccccc21. The maximum absolute atomic E-state index is 12.4. The summed E-state index contributed by atoms with van der Waals surface area (Å²) in [4.78, 5) is 16.5. The number of ether oxygens (including phenoxy) is 1. The van der Waals surface area contributed by atoms with Crippen LogP contribution in [0.1, 0.15) is 22.0 Å². The Morgan fingerprint density at radius 2 is 2.24 bits per heavy atom. The highest BCUT2D eigenvalue weighted by atomic mass is 79.9. The van der Waals surface area contributed by atoms with Gasteiger partial charge in [-0.25, -0.2) is 10.8 Å².